The van der Waals surface area contributed by atoms with E-state index in [1.165, 1.54) is 5.56 Å². The van der Waals surface area contributed by atoms with E-state index < -0.39 is 0 Å². The maximum absolute atomic E-state index is 6.06. The lowest BCUT2D eigenvalue weighted by molar-refractivity contribution is 0.154. The predicted octanol–water partition coefficient (Wildman–Crippen LogP) is 3.90. The van der Waals surface area contributed by atoms with Crippen molar-refractivity contribution in [2.75, 3.05) is 18.9 Å². The summed E-state index contributed by atoms with van der Waals surface area (Å²) in [6.07, 6.45) is 5.89. The van der Waals surface area contributed by atoms with Crippen molar-refractivity contribution in [2.24, 2.45) is 0 Å². The van der Waals surface area contributed by atoms with E-state index in [1.807, 2.05) is 48.5 Å². The number of aromatic nitrogens is 3. The van der Waals surface area contributed by atoms with Crippen LogP contribution in [-0.2, 0) is 11.3 Å². The van der Waals surface area contributed by atoms with E-state index in [0.717, 1.165) is 21.9 Å². The molecule has 0 bridgehead atoms. The molecule has 26 heavy (non-hydrogen) atoms. The Morgan fingerprint density at radius 3 is 2.73 bits per heavy atom. The van der Waals surface area contributed by atoms with Crippen LogP contribution in [0.1, 0.15) is 5.56 Å². The Bertz CT molecular complexity index is 1050. The largest absolute Gasteiger partial charge is 0.382 e. The molecule has 0 atom stereocenters. The zero-order valence-electron chi connectivity index (χ0n) is 14.4. The third-order valence-corrected chi connectivity index (χ3v) is 4.28. The molecule has 2 aromatic carbocycles. The van der Waals surface area contributed by atoms with Crippen molar-refractivity contribution in [1.29, 1.82) is 0 Å². The average molecular weight is 344 g/mol. The number of nitrogen functional groups attached to an aromatic ring is 1. The normalized spacial score (nSPS) is 11.7. The molecule has 0 spiro atoms. The number of hydrogen-bond acceptors (Lipinski definition) is 4. The smallest absolute Gasteiger partial charge is 0.152 e. The number of pyridine rings is 1. The third-order valence-electron chi connectivity index (χ3n) is 4.28. The molecule has 2 aromatic heterocycles. The average Bonchev–Trinajstić information content (AvgIpc) is 3.10. The molecule has 0 aliphatic carbocycles. The standard InChI is InChI=1S/C21H20N4O/c22-21-19-20(17-10-4-5-11-18(17)24-21)25(15-23-19)12-14-26-13-6-9-16-7-2-1-3-8-16/h1-11,15H,12-14H2,(H2,22,24). The quantitative estimate of drug-likeness (QED) is 0.539. The lowest BCUT2D eigenvalue weighted by Crippen LogP contribution is -2.05. The molecule has 0 fully saturated rings. The van der Waals surface area contributed by atoms with E-state index in [2.05, 4.69) is 32.7 Å². The van der Waals surface area contributed by atoms with Gasteiger partial charge < -0.3 is 15.0 Å². The molecule has 4 aromatic rings. The summed E-state index contributed by atoms with van der Waals surface area (Å²) in [4.78, 5) is 8.86. The number of nitrogens with zero attached hydrogens (tertiary/aromatic N) is 3. The zero-order chi connectivity index (χ0) is 17.8. The lowest BCUT2D eigenvalue weighted by Gasteiger charge is -2.07. The Morgan fingerprint density at radius 1 is 1.04 bits per heavy atom. The Kier molecular flexibility index (Phi) is 4.62. The maximum atomic E-state index is 6.06. The SMILES string of the molecule is Nc1nc2ccccc2c2c1ncn2CCOCC=Cc1ccccc1. The van der Waals surface area contributed by atoms with Gasteiger partial charge in [0.25, 0.3) is 0 Å². The van der Waals surface area contributed by atoms with Gasteiger partial charge in [-0.2, -0.15) is 0 Å². The van der Waals surface area contributed by atoms with Crippen molar-refractivity contribution >= 4 is 33.8 Å². The van der Waals surface area contributed by atoms with E-state index in [9.17, 15) is 0 Å². The topological polar surface area (TPSA) is 66.0 Å². The minimum Gasteiger partial charge on any atom is -0.382 e. The summed E-state index contributed by atoms with van der Waals surface area (Å²) in [6.45, 7) is 1.89. The highest BCUT2D eigenvalue weighted by Gasteiger charge is 2.11. The van der Waals surface area contributed by atoms with Crippen LogP contribution < -0.4 is 5.73 Å². The molecular weight excluding hydrogens is 324 g/mol. The predicted molar refractivity (Wildman–Crippen MR) is 106 cm³/mol. The van der Waals surface area contributed by atoms with Crippen LogP contribution in [0.25, 0.3) is 28.0 Å². The van der Waals surface area contributed by atoms with Gasteiger partial charge in [-0.05, 0) is 11.6 Å². The number of nitrogens with two attached hydrogens (primary N) is 1. The summed E-state index contributed by atoms with van der Waals surface area (Å²) in [5.74, 6) is 0.462. The van der Waals surface area contributed by atoms with Gasteiger partial charge in [0, 0.05) is 11.9 Å². The Morgan fingerprint density at radius 2 is 1.85 bits per heavy atom. The summed E-state index contributed by atoms with van der Waals surface area (Å²) in [5.41, 5.74) is 9.86. The van der Waals surface area contributed by atoms with E-state index in [0.29, 0.717) is 25.6 Å². The van der Waals surface area contributed by atoms with Gasteiger partial charge in [0.15, 0.2) is 5.82 Å². The van der Waals surface area contributed by atoms with E-state index in [1.54, 1.807) is 6.33 Å². The molecule has 0 saturated heterocycles. The molecule has 5 nitrogen and oxygen atoms in total. The van der Waals surface area contributed by atoms with Crippen LogP contribution in [0.2, 0.25) is 0 Å². The Hall–Kier alpha value is -3.18. The third kappa shape index (κ3) is 3.30. The molecule has 0 amide bonds. The number of imidazole rings is 1. The highest BCUT2D eigenvalue weighted by atomic mass is 16.5. The first-order valence-corrected chi connectivity index (χ1v) is 8.61. The molecule has 130 valence electrons. The number of para-hydroxylation sites is 1. The number of hydrogen-bond donors (Lipinski definition) is 1. The van der Waals surface area contributed by atoms with Crippen LogP contribution in [0.5, 0.6) is 0 Å². The number of anilines is 1. The van der Waals surface area contributed by atoms with Gasteiger partial charge in [0.05, 0.1) is 30.6 Å². The monoisotopic (exact) mass is 344 g/mol. The van der Waals surface area contributed by atoms with Gasteiger partial charge in [-0.1, -0.05) is 60.7 Å². The zero-order valence-corrected chi connectivity index (χ0v) is 14.4. The fraction of sp³-hybridized carbons (Fsp3) is 0.143. The molecule has 0 aliphatic rings. The van der Waals surface area contributed by atoms with Gasteiger partial charge in [0.1, 0.15) is 5.52 Å². The maximum Gasteiger partial charge on any atom is 0.152 e. The van der Waals surface area contributed by atoms with E-state index in [-0.39, 0.29) is 0 Å². The number of ether oxygens (including phenoxy) is 1. The Labute approximate surface area is 151 Å². The van der Waals surface area contributed by atoms with Crippen molar-refractivity contribution in [2.45, 2.75) is 6.54 Å². The first-order valence-electron chi connectivity index (χ1n) is 8.61. The second kappa shape index (κ2) is 7.37. The van der Waals surface area contributed by atoms with Gasteiger partial charge >= 0.3 is 0 Å². The van der Waals surface area contributed by atoms with Crippen LogP contribution in [0.15, 0.2) is 67.0 Å². The van der Waals surface area contributed by atoms with Gasteiger partial charge in [-0.25, -0.2) is 9.97 Å². The van der Waals surface area contributed by atoms with E-state index in [4.69, 9.17) is 10.5 Å². The van der Waals surface area contributed by atoms with Crippen LogP contribution in [-0.4, -0.2) is 27.7 Å². The summed E-state index contributed by atoms with van der Waals surface area (Å²) in [5, 5.41) is 1.05. The first kappa shape index (κ1) is 16.3. The van der Waals surface area contributed by atoms with Crippen molar-refractivity contribution < 1.29 is 4.74 Å². The van der Waals surface area contributed by atoms with Gasteiger partial charge in [-0.15, -0.1) is 0 Å². The van der Waals surface area contributed by atoms with Crippen LogP contribution in [0.3, 0.4) is 0 Å². The van der Waals surface area contributed by atoms with Crippen molar-refractivity contribution in [3.05, 3.63) is 72.6 Å². The van der Waals surface area contributed by atoms with Crippen LogP contribution >= 0.6 is 0 Å². The van der Waals surface area contributed by atoms with Crippen molar-refractivity contribution in [3.8, 4) is 0 Å². The molecule has 0 radical (unpaired) electrons. The van der Waals surface area contributed by atoms with Gasteiger partial charge in [0.2, 0.25) is 0 Å². The fourth-order valence-corrected chi connectivity index (χ4v) is 3.04. The summed E-state index contributed by atoms with van der Waals surface area (Å²) in [7, 11) is 0. The lowest BCUT2D eigenvalue weighted by atomic mass is 10.2. The molecule has 4 rings (SSSR count). The second-order valence-electron chi connectivity index (χ2n) is 6.04. The molecule has 0 unspecified atom stereocenters. The molecule has 5 heteroatoms. The number of fused-ring (bicyclic) bond motifs is 3. The van der Waals surface area contributed by atoms with Crippen LogP contribution in [0, 0.1) is 0 Å². The summed E-state index contributed by atoms with van der Waals surface area (Å²) >= 11 is 0. The highest BCUT2D eigenvalue weighted by molar-refractivity contribution is 6.06. The summed E-state index contributed by atoms with van der Waals surface area (Å²) in [6, 6.07) is 18.2. The molecule has 2 heterocycles. The molecule has 0 aliphatic heterocycles. The number of benzene rings is 2. The molecular formula is C21H20N4O. The Balaban J connectivity index is 1.44. The minimum atomic E-state index is 0.462. The van der Waals surface area contributed by atoms with Gasteiger partial charge in [-0.3, -0.25) is 0 Å². The summed E-state index contributed by atoms with van der Waals surface area (Å²) < 4.78 is 7.82. The van der Waals surface area contributed by atoms with Crippen LogP contribution in [0.4, 0.5) is 5.82 Å². The fourth-order valence-electron chi connectivity index (χ4n) is 3.04. The second-order valence-corrected chi connectivity index (χ2v) is 6.04. The number of rotatable bonds is 6. The minimum absolute atomic E-state index is 0.462. The first-order chi connectivity index (χ1) is 12.8. The van der Waals surface area contributed by atoms with Crippen molar-refractivity contribution in [1.82, 2.24) is 14.5 Å². The molecule has 2 N–H and O–H groups in total. The van der Waals surface area contributed by atoms with E-state index >= 15 is 0 Å². The molecule has 0 saturated carbocycles. The van der Waals surface area contributed by atoms with Crippen molar-refractivity contribution in [3.63, 3.8) is 0 Å². The highest BCUT2D eigenvalue weighted by Crippen LogP contribution is 2.26.